The van der Waals surface area contributed by atoms with Crippen molar-refractivity contribution in [3.8, 4) is 0 Å². The molecule has 0 aliphatic heterocycles. The average Bonchev–Trinajstić information content (AvgIpc) is 2.76. The standard InChI is InChI=1S/C32H52O3/c1-27(2)16-18-32(15-12-26(34)35)19-17-30(6)21(22(32)20-27)8-9-24-29(5)13-11-25(33)28(3,4)23(29)10-14-31(24,30)7/h8,22-25,33H,9-20H2,1-7H3,(H,34,35)/t22?,23?,24?,25-,29-,30+,31+,32+/m0/s1. The molecule has 35 heavy (non-hydrogen) atoms. The van der Waals surface area contributed by atoms with Crippen LogP contribution in [0, 0.1) is 50.2 Å². The van der Waals surface area contributed by atoms with Crippen molar-refractivity contribution in [2.45, 2.75) is 132 Å². The first-order valence-corrected chi connectivity index (χ1v) is 14.7. The van der Waals surface area contributed by atoms with E-state index < -0.39 is 5.97 Å². The van der Waals surface area contributed by atoms with E-state index in [0.717, 1.165) is 19.3 Å². The molecular formula is C32H52O3. The van der Waals surface area contributed by atoms with Crippen LogP contribution in [-0.2, 0) is 4.79 Å². The van der Waals surface area contributed by atoms with Gasteiger partial charge in [-0.2, -0.15) is 0 Å². The number of carboxylic acid groups (broad SMARTS) is 1. The molecule has 0 aromatic rings. The lowest BCUT2D eigenvalue weighted by molar-refractivity contribution is -0.203. The quantitative estimate of drug-likeness (QED) is 0.399. The van der Waals surface area contributed by atoms with Crippen LogP contribution in [0.15, 0.2) is 11.6 Å². The zero-order valence-electron chi connectivity index (χ0n) is 23.7. The zero-order valence-corrected chi connectivity index (χ0v) is 23.7. The van der Waals surface area contributed by atoms with Gasteiger partial charge < -0.3 is 10.2 Å². The van der Waals surface area contributed by atoms with Crippen LogP contribution in [0.3, 0.4) is 0 Å². The first-order chi connectivity index (χ1) is 16.1. The second-order valence-corrected chi connectivity index (χ2v) is 15.8. The summed E-state index contributed by atoms with van der Waals surface area (Å²) in [5.74, 6) is 1.16. The number of carboxylic acids is 1. The molecule has 8 atom stereocenters. The van der Waals surface area contributed by atoms with Crippen LogP contribution < -0.4 is 0 Å². The van der Waals surface area contributed by atoms with Gasteiger partial charge in [0.05, 0.1) is 6.10 Å². The topological polar surface area (TPSA) is 57.5 Å². The van der Waals surface area contributed by atoms with Gasteiger partial charge in [0, 0.05) is 6.42 Å². The highest BCUT2D eigenvalue weighted by atomic mass is 16.4. The lowest BCUT2D eigenvalue weighted by Crippen LogP contribution is -2.64. The van der Waals surface area contributed by atoms with Crippen molar-refractivity contribution in [3.63, 3.8) is 0 Å². The molecule has 0 aromatic heterocycles. The molecule has 5 rings (SSSR count). The van der Waals surface area contributed by atoms with E-state index in [1.54, 1.807) is 5.57 Å². The fraction of sp³-hybridized carbons (Fsp3) is 0.906. The summed E-state index contributed by atoms with van der Waals surface area (Å²) < 4.78 is 0. The molecule has 5 aliphatic rings. The van der Waals surface area contributed by atoms with Gasteiger partial charge in [0.15, 0.2) is 0 Å². The monoisotopic (exact) mass is 484 g/mol. The maximum atomic E-state index is 11.6. The third-order valence-electron chi connectivity index (χ3n) is 13.6. The molecule has 0 radical (unpaired) electrons. The molecule has 4 fully saturated rings. The molecule has 4 saturated carbocycles. The third kappa shape index (κ3) is 3.48. The largest absolute Gasteiger partial charge is 0.481 e. The van der Waals surface area contributed by atoms with Crippen LogP contribution in [-0.4, -0.2) is 22.3 Å². The van der Waals surface area contributed by atoms with E-state index in [1.165, 1.54) is 51.4 Å². The van der Waals surface area contributed by atoms with Crippen LogP contribution in [0.25, 0.3) is 0 Å². The van der Waals surface area contributed by atoms with Gasteiger partial charge in [-0.05, 0) is 121 Å². The molecule has 0 saturated heterocycles. The first-order valence-electron chi connectivity index (χ1n) is 14.7. The maximum absolute atomic E-state index is 11.6. The molecule has 3 heteroatoms. The smallest absolute Gasteiger partial charge is 0.303 e. The predicted molar refractivity (Wildman–Crippen MR) is 142 cm³/mol. The number of rotatable bonds is 3. The Balaban J connectivity index is 1.56. The van der Waals surface area contributed by atoms with Crippen LogP contribution in [0.1, 0.15) is 126 Å². The Morgan fingerprint density at radius 3 is 2.29 bits per heavy atom. The number of hydrogen-bond donors (Lipinski definition) is 2. The second kappa shape index (κ2) is 7.84. The SMILES string of the molecule is CC1(C)CC[C@]2(CCC(=O)O)CC[C@]3(C)C(=CCC4[C@@]5(C)CC[C@H](O)C(C)(C)C5CC[C@]43C)C2C1. The van der Waals surface area contributed by atoms with E-state index >= 15 is 0 Å². The fourth-order valence-electron chi connectivity index (χ4n) is 11.1. The minimum atomic E-state index is -0.630. The van der Waals surface area contributed by atoms with Gasteiger partial charge in [0.1, 0.15) is 0 Å². The highest BCUT2D eigenvalue weighted by Gasteiger charge is 2.68. The van der Waals surface area contributed by atoms with Crippen molar-refractivity contribution in [2.24, 2.45) is 50.2 Å². The van der Waals surface area contributed by atoms with Gasteiger partial charge in [-0.15, -0.1) is 0 Å². The minimum absolute atomic E-state index is 0.00876. The third-order valence-corrected chi connectivity index (χ3v) is 13.6. The Morgan fingerprint density at radius 1 is 0.914 bits per heavy atom. The van der Waals surface area contributed by atoms with E-state index in [-0.39, 0.29) is 33.2 Å². The number of aliphatic hydroxyl groups is 1. The highest BCUT2D eigenvalue weighted by Crippen LogP contribution is 2.76. The van der Waals surface area contributed by atoms with Crippen LogP contribution in [0.5, 0.6) is 0 Å². The van der Waals surface area contributed by atoms with E-state index in [4.69, 9.17) is 0 Å². The molecule has 2 N–H and O–H groups in total. The Labute approximate surface area is 214 Å². The van der Waals surface area contributed by atoms with Crippen LogP contribution in [0.4, 0.5) is 0 Å². The minimum Gasteiger partial charge on any atom is -0.481 e. The van der Waals surface area contributed by atoms with Gasteiger partial charge in [-0.3, -0.25) is 4.79 Å². The first kappa shape index (κ1) is 25.8. The summed E-state index contributed by atoms with van der Waals surface area (Å²) in [4.78, 5) is 11.6. The van der Waals surface area contributed by atoms with Gasteiger partial charge in [0.25, 0.3) is 0 Å². The molecule has 3 unspecified atom stereocenters. The zero-order chi connectivity index (χ0) is 25.7. The number of aliphatic carboxylic acids is 1. The van der Waals surface area contributed by atoms with E-state index in [0.29, 0.717) is 29.6 Å². The van der Waals surface area contributed by atoms with Crippen molar-refractivity contribution in [1.82, 2.24) is 0 Å². The van der Waals surface area contributed by atoms with E-state index in [1.807, 2.05) is 0 Å². The number of aliphatic hydroxyl groups excluding tert-OH is 1. The molecule has 0 spiro atoms. The summed E-state index contributed by atoms with van der Waals surface area (Å²) in [6, 6.07) is 0. The Morgan fingerprint density at radius 2 is 1.60 bits per heavy atom. The molecule has 3 nitrogen and oxygen atoms in total. The summed E-state index contributed by atoms with van der Waals surface area (Å²) in [5, 5.41) is 20.5. The van der Waals surface area contributed by atoms with Crippen molar-refractivity contribution >= 4 is 5.97 Å². The molecule has 5 aliphatic carbocycles. The molecular weight excluding hydrogens is 432 g/mol. The normalized spacial score (nSPS) is 50.1. The second-order valence-electron chi connectivity index (χ2n) is 15.8. The number of fused-ring (bicyclic) bond motifs is 7. The van der Waals surface area contributed by atoms with Crippen LogP contribution in [0.2, 0.25) is 0 Å². The lowest BCUT2D eigenvalue weighted by atomic mass is 9.33. The van der Waals surface area contributed by atoms with Crippen molar-refractivity contribution in [3.05, 3.63) is 11.6 Å². The number of carbonyl (C=O) groups is 1. The molecule has 0 heterocycles. The van der Waals surface area contributed by atoms with Crippen LogP contribution >= 0.6 is 0 Å². The van der Waals surface area contributed by atoms with Gasteiger partial charge >= 0.3 is 5.97 Å². The Hall–Kier alpha value is -0.830. The fourth-order valence-corrected chi connectivity index (χ4v) is 11.1. The molecule has 198 valence electrons. The predicted octanol–water partition coefficient (Wildman–Crippen LogP) is 8.01. The average molecular weight is 485 g/mol. The Bertz CT molecular complexity index is 916. The molecule has 0 amide bonds. The summed E-state index contributed by atoms with van der Waals surface area (Å²) >= 11 is 0. The van der Waals surface area contributed by atoms with E-state index in [9.17, 15) is 15.0 Å². The molecule has 0 aromatic carbocycles. The van der Waals surface area contributed by atoms with Crippen molar-refractivity contribution in [2.75, 3.05) is 0 Å². The summed E-state index contributed by atoms with van der Waals surface area (Å²) in [6.45, 7) is 17.4. The number of hydrogen-bond acceptors (Lipinski definition) is 2. The summed E-state index contributed by atoms with van der Waals surface area (Å²) in [6.07, 6.45) is 15.5. The van der Waals surface area contributed by atoms with E-state index in [2.05, 4.69) is 54.5 Å². The Kier molecular flexibility index (Phi) is 5.78. The molecule has 0 bridgehead atoms. The van der Waals surface area contributed by atoms with Crippen molar-refractivity contribution in [1.29, 1.82) is 0 Å². The summed E-state index contributed by atoms with van der Waals surface area (Å²) in [5.41, 5.74) is 2.99. The lowest BCUT2D eigenvalue weighted by Gasteiger charge is -2.71. The van der Waals surface area contributed by atoms with Gasteiger partial charge in [-0.1, -0.05) is 60.1 Å². The van der Waals surface area contributed by atoms with Gasteiger partial charge in [0.2, 0.25) is 0 Å². The maximum Gasteiger partial charge on any atom is 0.303 e. The highest BCUT2D eigenvalue weighted by molar-refractivity contribution is 5.66. The number of allylic oxidation sites excluding steroid dienone is 2. The van der Waals surface area contributed by atoms with Crippen molar-refractivity contribution < 1.29 is 15.0 Å². The van der Waals surface area contributed by atoms with Gasteiger partial charge in [-0.25, -0.2) is 0 Å². The summed E-state index contributed by atoms with van der Waals surface area (Å²) in [7, 11) is 0.